The number of para-hydroxylation sites is 1. The Hall–Kier alpha value is -3.41. The van der Waals surface area contributed by atoms with Gasteiger partial charge in [-0.05, 0) is 24.1 Å². The quantitative estimate of drug-likeness (QED) is 0.439. The largest absolute Gasteiger partial charge is 0.361 e. The molecule has 6 nitrogen and oxygen atoms in total. The summed E-state index contributed by atoms with van der Waals surface area (Å²) in [7, 11) is 0. The summed E-state index contributed by atoms with van der Waals surface area (Å²) >= 11 is 0. The first-order valence-corrected chi connectivity index (χ1v) is 7.49. The van der Waals surface area contributed by atoms with Crippen molar-refractivity contribution in [3.8, 4) is 0 Å². The molecule has 3 aromatic rings. The number of anilines is 1. The monoisotopic (exact) mass is 319 g/mol. The highest BCUT2D eigenvalue weighted by Gasteiger charge is 2.26. The van der Waals surface area contributed by atoms with Gasteiger partial charge in [0.15, 0.2) is 0 Å². The molecule has 0 fully saturated rings. The molecular weight excluding hydrogens is 306 g/mol. The summed E-state index contributed by atoms with van der Waals surface area (Å²) in [6.45, 7) is 0. The number of carbonyl (C=O) groups is 1. The van der Waals surface area contributed by atoms with E-state index in [1.807, 2.05) is 36.5 Å². The van der Waals surface area contributed by atoms with Crippen LogP contribution in [0.5, 0.6) is 0 Å². The Morgan fingerprint density at radius 1 is 1.17 bits per heavy atom. The second-order valence-corrected chi connectivity index (χ2v) is 5.62. The topological polar surface area (TPSA) is 88.0 Å². The molecule has 0 bridgehead atoms. The predicted molar refractivity (Wildman–Crippen MR) is 91.7 cm³/mol. The molecule has 2 heterocycles. The van der Waals surface area contributed by atoms with E-state index in [-0.39, 0.29) is 11.6 Å². The maximum atomic E-state index is 12.2. The average molecular weight is 319 g/mol. The molecular formula is C18H13N3O3. The molecule has 1 aliphatic rings. The van der Waals surface area contributed by atoms with Crippen molar-refractivity contribution in [3.63, 3.8) is 0 Å². The number of aromatic nitrogens is 1. The molecule has 0 aliphatic carbocycles. The van der Waals surface area contributed by atoms with Crippen molar-refractivity contribution < 1.29 is 9.72 Å². The van der Waals surface area contributed by atoms with Crippen LogP contribution in [0.15, 0.2) is 54.7 Å². The number of aromatic amines is 1. The van der Waals surface area contributed by atoms with E-state index >= 15 is 0 Å². The van der Waals surface area contributed by atoms with Crippen LogP contribution in [0.4, 0.5) is 11.4 Å². The Labute approximate surface area is 137 Å². The van der Waals surface area contributed by atoms with Gasteiger partial charge in [0.2, 0.25) is 0 Å². The number of H-pyrrole nitrogens is 1. The van der Waals surface area contributed by atoms with Crippen LogP contribution in [0.25, 0.3) is 16.5 Å². The van der Waals surface area contributed by atoms with Crippen LogP contribution in [0.2, 0.25) is 0 Å². The molecule has 24 heavy (non-hydrogen) atoms. The number of nitrogens with zero attached hydrogens (tertiary/aromatic N) is 1. The Balaban J connectivity index is 1.72. The smallest absolute Gasteiger partial charge is 0.270 e. The number of fused-ring (bicyclic) bond motifs is 2. The van der Waals surface area contributed by atoms with Gasteiger partial charge in [-0.15, -0.1) is 0 Å². The van der Waals surface area contributed by atoms with Gasteiger partial charge >= 0.3 is 0 Å². The highest BCUT2D eigenvalue weighted by atomic mass is 16.6. The molecule has 0 atom stereocenters. The van der Waals surface area contributed by atoms with Gasteiger partial charge in [-0.1, -0.05) is 24.3 Å². The van der Waals surface area contributed by atoms with E-state index in [1.165, 1.54) is 12.1 Å². The van der Waals surface area contributed by atoms with Gasteiger partial charge in [-0.3, -0.25) is 14.9 Å². The van der Waals surface area contributed by atoms with E-state index in [4.69, 9.17) is 0 Å². The molecule has 0 spiro atoms. The zero-order valence-corrected chi connectivity index (χ0v) is 12.6. The van der Waals surface area contributed by atoms with Crippen LogP contribution in [0, 0.1) is 10.1 Å². The molecule has 1 aromatic heterocycles. The Morgan fingerprint density at radius 3 is 2.83 bits per heavy atom. The zero-order valence-electron chi connectivity index (χ0n) is 12.6. The molecule has 118 valence electrons. The van der Waals surface area contributed by atoms with E-state index < -0.39 is 4.92 Å². The molecule has 6 heteroatoms. The molecule has 2 N–H and O–H groups in total. The summed E-state index contributed by atoms with van der Waals surface area (Å²) in [5.74, 6) is -0.231. The van der Waals surface area contributed by atoms with Crippen molar-refractivity contribution in [1.29, 1.82) is 0 Å². The normalized spacial score (nSPS) is 14.8. The van der Waals surface area contributed by atoms with Gasteiger partial charge in [0, 0.05) is 46.1 Å². The van der Waals surface area contributed by atoms with E-state index in [0.717, 1.165) is 16.5 Å². The molecule has 0 saturated heterocycles. The fraction of sp³-hybridized carbons (Fsp3) is 0.0556. The molecule has 4 rings (SSSR count). The average Bonchev–Trinajstić information content (AvgIpc) is 3.12. The van der Waals surface area contributed by atoms with Crippen LogP contribution in [0.3, 0.4) is 0 Å². The van der Waals surface area contributed by atoms with Crippen molar-refractivity contribution in [1.82, 2.24) is 4.98 Å². The fourth-order valence-electron chi connectivity index (χ4n) is 3.00. The summed E-state index contributed by atoms with van der Waals surface area (Å²) in [4.78, 5) is 25.9. The van der Waals surface area contributed by atoms with E-state index in [1.54, 1.807) is 6.07 Å². The summed E-state index contributed by atoms with van der Waals surface area (Å²) in [6.07, 6.45) is 4.30. The van der Waals surface area contributed by atoms with Crippen molar-refractivity contribution in [2.45, 2.75) is 6.42 Å². The van der Waals surface area contributed by atoms with Gasteiger partial charge in [-0.25, -0.2) is 0 Å². The number of nitro benzene ring substituents is 1. The van der Waals surface area contributed by atoms with Crippen LogP contribution in [-0.2, 0) is 11.2 Å². The SMILES string of the molecule is O=C1Nc2ccc([N+](=O)[O-])cc2C1=CCc1c[nH]c2ccccc12. The molecule has 0 saturated carbocycles. The zero-order chi connectivity index (χ0) is 16.7. The molecule has 1 aliphatic heterocycles. The third-order valence-electron chi connectivity index (χ3n) is 4.20. The predicted octanol–water partition coefficient (Wildman–Crippen LogP) is 3.65. The van der Waals surface area contributed by atoms with Gasteiger partial charge < -0.3 is 10.3 Å². The maximum absolute atomic E-state index is 12.2. The highest BCUT2D eigenvalue weighted by Crippen LogP contribution is 2.34. The minimum atomic E-state index is -0.458. The van der Waals surface area contributed by atoms with E-state index in [2.05, 4.69) is 10.3 Å². The lowest BCUT2D eigenvalue weighted by Crippen LogP contribution is -2.03. The Bertz CT molecular complexity index is 1020. The first-order chi connectivity index (χ1) is 11.6. The lowest BCUT2D eigenvalue weighted by atomic mass is 10.0. The number of rotatable bonds is 3. The number of hydrogen-bond acceptors (Lipinski definition) is 3. The number of carbonyl (C=O) groups excluding carboxylic acids is 1. The number of amides is 1. The maximum Gasteiger partial charge on any atom is 0.270 e. The Morgan fingerprint density at radius 2 is 2.00 bits per heavy atom. The second-order valence-electron chi connectivity index (χ2n) is 5.62. The summed E-state index contributed by atoms with van der Waals surface area (Å²) in [5.41, 5.74) is 3.75. The van der Waals surface area contributed by atoms with Crippen LogP contribution in [-0.4, -0.2) is 15.8 Å². The van der Waals surface area contributed by atoms with Crippen molar-refractivity contribution in [2.24, 2.45) is 0 Å². The van der Waals surface area contributed by atoms with Crippen molar-refractivity contribution >= 4 is 33.8 Å². The summed E-state index contributed by atoms with van der Waals surface area (Å²) in [6, 6.07) is 12.3. The number of allylic oxidation sites excluding steroid dienone is 1. The number of benzene rings is 2. The number of non-ortho nitro benzene ring substituents is 1. The van der Waals surface area contributed by atoms with Crippen LogP contribution < -0.4 is 5.32 Å². The van der Waals surface area contributed by atoms with E-state index in [9.17, 15) is 14.9 Å². The minimum absolute atomic E-state index is 0.0248. The van der Waals surface area contributed by atoms with E-state index in [0.29, 0.717) is 23.2 Å². The van der Waals surface area contributed by atoms with Crippen molar-refractivity contribution in [3.05, 3.63) is 76.0 Å². The lowest BCUT2D eigenvalue weighted by Gasteiger charge is -1.99. The van der Waals surface area contributed by atoms with Gasteiger partial charge in [-0.2, -0.15) is 0 Å². The molecule has 0 radical (unpaired) electrons. The minimum Gasteiger partial charge on any atom is -0.361 e. The number of hydrogen-bond donors (Lipinski definition) is 2. The van der Waals surface area contributed by atoms with Gasteiger partial charge in [0.25, 0.3) is 11.6 Å². The number of nitrogens with one attached hydrogen (secondary N) is 2. The van der Waals surface area contributed by atoms with Gasteiger partial charge in [0.05, 0.1) is 4.92 Å². The first kappa shape index (κ1) is 14.2. The second kappa shape index (κ2) is 5.34. The fourth-order valence-corrected chi connectivity index (χ4v) is 3.00. The lowest BCUT2D eigenvalue weighted by molar-refractivity contribution is -0.384. The van der Waals surface area contributed by atoms with Crippen molar-refractivity contribution in [2.75, 3.05) is 5.32 Å². The van der Waals surface area contributed by atoms with Gasteiger partial charge in [0.1, 0.15) is 0 Å². The number of nitro groups is 1. The first-order valence-electron chi connectivity index (χ1n) is 7.49. The molecule has 2 aromatic carbocycles. The van der Waals surface area contributed by atoms with Crippen LogP contribution in [0.1, 0.15) is 11.1 Å². The summed E-state index contributed by atoms with van der Waals surface area (Å²) < 4.78 is 0. The standard InChI is InChI=1S/C18H13N3O3/c22-18-14(15-9-12(21(23)24)6-8-17(15)20-18)7-5-11-10-19-16-4-2-1-3-13(11)16/h1-4,6-10,19H,5H2,(H,20,22). The molecule has 0 unspecified atom stereocenters. The third kappa shape index (κ3) is 2.25. The third-order valence-corrected chi connectivity index (χ3v) is 4.20. The Kier molecular flexibility index (Phi) is 3.16. The summed E-state index contributed by atoms with van der Waals surface area (Å²) in [5, 5.41) is 14.8. The highest BCUT2D eigenvalue weighted by molar-refractivity contribution is 6.31. The molecule has 1 amide bonds. The van der Waals surface area contributed by atoms with Crippen LogP contribution >= 0.6 is 0 Å².